The van der Waals surface area contributed by atoms with Crippen molar-refractivity contribution >= 4 is 22.4 Å². The number of nitrogens with zero attached hydrogens (tertiary/aromatic N) is 1. The van der Waals surface area contributed by atoms with Gasteiger partial charge in [-0.1, -0.05) is 18.2 Å². The average molecular weight is 459 g/mol. The highest BCUT2D eigenvalue weighted by molar-refractivity contribution is 5.98. The topological polar surface area (TPSA) is 109 Å². The number of benzene rings is 3. The van der Waals surface area contributed by atoms with Gasteiger partial charge in [-0.05, 0) is 55.3 Å². The number of ether oxygens (including phenoxy) is 2. The molecule has 0 atom stereocenters. The fourth-order valence-corrected chi connectivity index (χ4v) is 3.75. The van der Waals surface area contributed by atoms with Gasteiger partial charge in [0.1, 0.15) is 11.3 Å². The maximum Gasteiger partial charge on any atom is 0.270 e. The van der Waals surface area contributed by atoms with Gasteiger partial charge >= 0.3 is 0 Å². The second-order valence-corrected chi connectivity index (χ2v) is 7.79. The van der Waals surface area contributed by atoms with E-state index >= 15 is 0 Å². The van der Waals surface area contributed by atoms with Crippen LogP contribution in [0, 0.1) is 24.0 Å². The molecule has 1 heterocycles. The quantitative estimate of drug-likeness (QED) is 0.211. The summed E-state index contributed by atoms with van der Waals surface area (Å²) in [5.74, 6) is 0.187. The number of aryl methyl sites for hydroxylation is 2. The summed E-state index contributed by atoms with van der Waals surface area (Å²) >= 11 is 0. The smallest absolute Gasteiger partial charge is 0.270 e. The molecule has 8 nitrogen and oxygen atoms in total. The number of fused-ring (bicyclic) bond motifs is 1. The maximum absolute atomic E-state index is 13.5. The third-order valence-corrected chi connectivity index (χ3v) is 5.37. The number of hydrogen-bond acceptors (Lipinski definition) is 7. The van der Waals surface area contributed by atoms with Crippen molar-refractivity contribution in [1.29, 1.82) is 0 Å². The van der Waals surface area contributed by atoms with Gasteiger partial charge in [-0.2, -0.15) is 0 Å². The molecule has 34 heavy (non-hydrogen) atoms. The van der Waals surface area contributed by atoms with Crippen molar-refractivity contribution in [3.8, 4) is 22.8 Å². The summed E-state index contributed by atoms with van der Waals surface area (Å²) in [5.41, 5.74) is 2.13. The number of non-ortho nitro benzene ring substituents is 1. The lowest BCUT2D eigenvalue weighted by Gasteiger charge is -2.13. The summed E-state index contributed by atoms with van der Waals surface area (Å²) in [5, 5.41) is 11.4. The van der Waals surface area contributed by atoms with Crippen LogP contribution >= 0.6 is 0 Å². The molecule has 0 unspecified atom stereocenters. The molecule has 0 amide bonds. The Bertz CT molecular complexity index is 1470. The van der Waals surface area contributed by atoms with Crippen LogP contribution in [0.1, 0.15) is 21.5 Å². The Kier molecular flexibility index (Phi) is 6.14. The van der Waals surface area contributed by atoms with Gasteiger partial charge < -0.3 is 13.9 Å². The first-order chi connectivity index (χ1) is 16.3. The number of Topliss-reactive ketones (excluding diaryl/α,β-unsaturated/α-hetero) is 1. The van der Waals surface area contributed by atoms with E-state index in [4.69, 9.17) is 13.9 Å². The van der Waals surface area contributed by atoms with Gasteiger partial charge in [0.2, 0.25) is 11.2 Å². The van der Waals surface area contributed by atoms with Crippen LogP contribution in [0.2, 0.25) is 0 Å². The van der Waals surface area contributed by atoms with E-state index in [2.05, 4.69) is 0 Å². The van der Waals surface area contributed by atoms with Crippen molar-refractivity contribution < 1.29 is 23.6 Å². The van der Waals surface area contributed by atoms with Gasteiger partial charge in [0.05, 0.1) is 17.4 Å². The van der Waals surface area contributed by atoms with Crippen LogP contribution in [-0.4, -0.2) is 24.4 Å². The second kappa shape index (κ2) is 9.19. The molecular formula is C26H21NO7. The first-order valence-corrected chi connectivity index (χ1v) is 10.4. The zero-order valence-electron chi connectivity index (χ0n) is 18.8. The molecule has 0 aliphatic carbocycles. The largest absolute Gasteiger partial charge is 0.497 e. The van der Waals surface area contributed by atoms with E-state index in [-0.39, 0.29) is 22.8 Å². The van der Waals surface area contributed by atoms with Crippen molar-refractivity contribution in [2.45, 2.75) is 13.8 Å². The SMILES string of the molecule is COc1ccc(-c2oc3cc(C)cc(C)c3c(=O)c2OCC(=O)c2cccc([N+](=O)[O-])c2)cc1. The summed E-state index contributed by atoms with van der Waals surface area (Å²) in [6.07, 6.45) is 0. The van der Waals surface area contributed by atoms with Gasteiger partial charge in [0, 0.05) is 23.3 Å². The zero-order valence-corrected chi connectivity index (χ0v) is 18.8. The van der Waals surface area contributed by atoms with Crippen molar-refractivity contribution in [3.63, 3.8) is 0 Å². The lowest BCUT2D eigenvalue weighted by molar-refractivity contribution is -0.384. The van der Waals surface area contributed by atoms with E-state index in [1.807, 2.05) is 13.0 Å². The van der Waals surface area contributed by atoms with E-state index in [9.17, 15) is 19.7 Å². The van der Waals surface area contributed by atoms with Crippen LogP contribution in [-0.2, 0) is 0 Å². The van der Waals surface area contributed by atoms with Crippen LogP contribution in [0.3, 0.4) is 0 Å². The summed E-state index contributed by atoms with van der Waals surface area (Å²) in [4.78, 5) is 36.6. The number of nitro benzene ring substituents is 1. The highest BCUT2D eigenvalue weighted by Crippen LogP contribution is 2.33. The Morgan fingerprint density at radius 1 is 1.06 bits per heavy atom. The zero-order chi connectivity index (χ0) is 24.4. The first kappa shape index (κ1) is 22.7. The summed E-state index contributed by atoms with van der Waals surface area (Å²) in [6, 6.07) is 15.9. The van der Waals surface area contributed by atoms with Gasteiger partial charge in [-0.25, -0.2) is 0 Å². The predicted molar refractivity (Wildman–Crippen MR) is 127 cm³/mol. The molecule has 172 valence electrons. The van der Waals surface area contributed by atoms with E-state index in [1.54, 1.807) is 44.4 Å². The van der Waals surface area contributed by atoms with Crippen LogP contribution in [0.25, 0.3) is 22.3 Å². The Hall–Kier alpha value is -4.46. The number of carbonyl (C=O) groups is 1. The molecule has 1 aromatic heterocycles. The molecule has 0 spiro atoms. The highest BCUT2D eigenvalue weighted by Gasteiger charge is 2.21. The highest BCUT2D eigenvalue weighted by atomic mass is 16.6. The Balaban J connectivity index is 1.79. The molecule has 0 radical (unpaired) electrons. The minimum Gasteiger partial charge on any atom is -0.497 e. The molecule has 0 N–H and O–H groups in total. The van der Waals surface area contributed by atoms with E-state index in [1.165, 1.54) is 24.3 Å². The predicted octanol–water partition coefficient (Wildman–Crippen LogP) is 5.26. The summed E-state index contributed by atoms with van der Waals surface area (Å²) < 4.78 is 17.0. The molecule has 8 heteroatoms. The maximum atomic E-state index is 13.5. The number of carbonyl (C=O) groups excluding carboxylic acids is 1. The number of rotatable bonds is 7. The van der Waals surface area contributed by atoms with Crippen LogP contribution in [0.4, 0.5) is 5.69 Å². The first-order valence-electron chi connectivity index (χ1n) is 10.4. The molecule has 4 aromatic rings. The van der Waals surface area contributed by atoms with E-state index in [0.29, 0.717) is 22.3 Å². The molecule has 0 aliphatic rings. The standard InChI is InChI=1S/C26H21NO7/c1-15-11-16(2)23-22(12-15)34-25(17-7-9-20(32-3)10-8-17)26(24(23)29)33-14-21(28)18-5-4-6-19(13-18)27(30)31/h4-13H,14H2,1-3H3. The average Bonchev–Trinajstić information content (AvgIpc) is 2.82. The molecule has 4 rings (SSSR count). The van der Waals surface area contributed by atoms with Crippen molar-refractivity contribution in [3.05, 3.63) is 97.7 Å². The van der Waals surface area contributed by atoms with Gasteiger partial charge in [0.25, 0.3) is 5.69 Å². The van der Waals surface area contributed by atoms with Crippen LogP contribution in [0.5, 0.6) is 11.5 Å². The number of nitro groups is 1. The fraction of sp³-hybridized carbons (Fsp3) is 0.154. The molecule has 3 aromatic carbocycles. The summed E-state index contributed by atoms with van der Waals surface area (Å²) in [7, 11) is 1.55. The van der Waals surface area contributed by atoms with Gasteiger partial charge in [-0.15, -0.1) is 0 Å². The van der Waals surface area contributed by atoms with Gasteiger partial charge in [-0.3, -0.25) is 19.7 Å². The molecule has 0 bridgehead atoms. The normalized spacial score (nSPS) is 10.8. The van der Waals surface area contributed by atoms with E-state index in [0.717, 1.165) is 11.1 Å². The summed E-state index contributed by atoms with van der Waals surface area (Å²) in [6.45, 7) is 3.21. The number of hydrogen-bond donors (Lipinski definition) is 0. The molecule has 0 aliphatic heterocycles. The minimum atomic E-state index is -0.581. The third kappa shape index (κ3) is 4.38. The number of methoxy groups -OCH3 is 1. The lowest BCUT2D eigenvalue weighted by atomic mass is 10.0. The molecule has 0 saturated carbocycles. The molecular weight excluding hydrogens is 438 g/mol. The number of ketones is 1. The Morgan fingerprint density at radius 2 is 1.79 bits per heavy atom. The van der Waals surface area contributed by atoms with Crippen LogP contribution < -0.4 is 14.9 Å². The van der Waals surface area contributed by atoms with Crippen molar-refractivity contribution in [2.75, 3.05) is 13.7 Å². The molecule has 0 saturated heterocycles. The van der Waals surface area contributed by atoms with Gasteiger partial charge in [0.15, 0.2) is 18.2 Å². The lowest BCUT2D eigenvalue weighted by Crippen LogP contribution is -2.17. The van der Waals surface area contributed by atoms with Crippen molar-refractivity contribution in [2.24, 2.45) is 0 Å². The Morgan fingerprint density at radius 3 is 2.47 bits per heavy atom. The minimum absolute atomic E-state index is 0.108. The second-order valence-electron chi connectivity index (χ2n) is 7.79. The van der Waals surface area contributed by atoms with Crippen molar-refractivity contribution in [1.82, 2.24) is 0 Å². The van der Waals surface area contributed by atoms with E-state index < -0.39 is 22.7 Å². The third-order valence-electron chi connectivity index (χ3n) is 5.37. The monoisotopic (exact) mass is 459 g/mol. The Labute approximate surface area is 194 Å². The van der Waals surface area contributed by atoms with Crippen LogP contribution in [0.15, 0.2) is 69.9 Å². The fourth-order valence-electron chi connectivity index (χ4n) is 3.75. The molecule has 0 fully saturated rings.